The Labute approximate surface area is 86.2 Å². The first-order valence-electron chi connectivity index (χ1n) is 3.98. The summed E-state index contributed by atoms with van der Waals surface area (Å²) in [6, 6.07) is 1.94. The number of halogens is 1. The fourth-order valence-electron chi connectivity index (χ4n) is 0.854. The van der Waals surface area contributed by atoms with Crippen molar-refractivity contribution in [1.29, 1.82) is 0 Å². The number of hydrogen-bond acceptors (Lipinski definition) is 3. The Balaban J connectivity index is 2.53. The molecule has 1 rings (SSSR count). The van der Waals surface area contributed by atoms with E-state index in [0.29, 0.717) is 13.2 Å². The molecule has 1 heterocycles. The van der Waals surface area contributed by atoms with Crippen LogP contribution in [0, 0.1) is 6.92 Å². The van der Waals surface area contributed by atoms with Crippen molar-refractivity contribution in [3.63, 3.8) is 0 Å². The summed E-state index contributed by atoms with van der Waals surface area (Å²) in [4.78, 5) is 4.11. The van der Waals surface area contributed by atoms with Crippen LogP contribution >= 0.6 is 15.9 Å². The highest BCUT2D eigenvalue weighted by atomic mass is 79.9. The van der Waals surface area contributed by atoms with Crippen LogP contribution in [-0.2, 0) is 4.74 Å². The Morgan fingerprint density at radius 3 is 2.85 bits per heavy atom. The van der Waals surface area contributed by atoms with E-state index in [0.717, 1.165) is 15.9 Å². The van der Waals surface area contributed by atoms with Gasteiger partial charge in [0.25, 0.3) is 0 Å². The molecule has 0 aromatic carbocycles. The standard InChI is InChI=1S/C9H12BrNO2/c1-7-5-8(6-11-9(7)10)13-4-3-12-2/h5-6H,3-4H2,1-2H3. The van der Waals surface area contributed by atoms with Crippen LogP contribution in [0.25, 0.3) is 0 Å². The van der Waals surface area contributed by atoms with E-state index in [1.54, 1.807) is 13.3 Å². The number of ether oxygens (including phenoxy) is 2. The summed E-state index contributed by atoms with van der Waals surface area (Å²) in [5.74, 6) is 0.776. The molecular weight excluding hydrogens is 234 g/mol. The zero-order valence-electron chi connectivity index (χ0n) is 7.71. The molecule has 1 aromatic rings. The monoisotopic (exact) mass is 245 g/mol. The summed E-state index contributed by atoms with van der Waals surface area (Å²) in [5.41, 5.74) is 1.06. The molecule has 0 saturated carbocycles. The molecule has 0 spiro atoms. The molecule has 3 nitrogen and oxygen atoms in total. The number of hydrogen-bond donors (Lipinski definition) is 0. The van der Waals surface area contributed by atoms with Crippen molar-refractivity contribution in [3.8, 4) is 5.75 Å². The molecule has 0 bridgehead atoms. The van der Waals surface area contributed by atoms with Gasteiger partial charge < -0.3 is 9.47 Å². The number of pyridine rings is 1. The van der Waals surface area contributed by atoms with E-state index in [2.05, 4.69) is 20.9 Å². The van der Waals surface area contributed by atoms with E-state index < -0.39 is 0 Å². The van der Waals surface area contributed by atoms with E-state index in [1.807, 2.05) is 13.0 Å². The summed E-state index contributed by atoms with van der Waals surface area (Å²) in [7, 11) is 1.65. The minimum absolute atomic E-state index is 0.555. The van der Waals surface area contributed by atoms with Gasteiger partial charge in [-0.1, -0.05) is 0 Å². The van der Waals surface area contributed by atoms with Crippen LogP contribution in [0.5, 0.6) is 5.75 Å². The summed E-state index contributed by atoms with van der Waals surface area (Å²) < 4.78 is 11.1. The first-order valence-corrected chi connectivity index (χ1v) is 4.77. The average molecular weight is 246 g/mol. The zero-order valence-corrected chi connectivity index (χ0v) is 9.30. The van der Waals surface area contributed by atoms with Crippen LogP contribution in [0.15, 0.2) is 16.9 Å². The maximum absolute atomic E-state index is 5.37. The van der Waals surface area contributed by atoms with E-state index in [9.17, 15) is 0 Å². The van der Waals surface area contributed by atoms with Gasteiger partial charge in [0.15, 0.2) is 0 Å². The summed E-state index contributed by atoms with van der Waals surface area (Å²) in [6.45, 7) is 3.12. The van der Waals surface area contributed by atoms with E-state index in [-0.39, 0.29) is 0 Å². The lowest BCUT2D eigenvalue weighted by molar-refractivity contribution is 0.146. The molecule has 0 saturated heterocycles. The Morgan fingerprint density at radius 2 is 2.23 bits per heavy atom. The second-order valence-corrected chi connectivity index (χ2v) is 3.37. The second kappa shape index (κ2) is 5.19. The predicted molar refractivity (Wildman–Crippen MR) is 54.0 cm³/mol. The van der Waals surface area contributed by atoms with Crippen LogP contribution in [0.4, 0.5) is 0 Å². The first kappa shape index (κ1) is 10.5. The van der Waals surface area contributed by atoms with Gasteiger partial charge in [-0.25, -0.2) is 4.98 Å². The van der Waals surface area contributed by atoms with Crippen molar-refractivity contribution in [2.24, 2.45) is 0 Å². The third-order valence-corrected chi connectivity index (χ3v) is 2.38. The lowest BCUT2D eigenvalue weighted by Gasteiger charge is -2.05. The Hall–Kier alpha value is -0.610. The third kappa shape index (κ3) is 3.32. The summed E-state index contributed by atoms with van der Waals surface area (Å²) in [6.07, 6.45) is 1.69. The molecule has 0 unspecified atom stereocenters. The molecule has 0 aliphatic rings. The quantitative estimate of drug-likeness (QED) is 0.602. The zero-order chi connectivity index (χ0) is 9.68. The number of methoxy groups -OCH3 is 1. The Bertz CT molecular complexity index is 278. The van der Waals surface area contributed by atoms with Gasteiger partial charge in [-0.3, -0.25) is 0 Å². The molecule has 0 N–H and O–H groups in total. The third-order valence-electron chi connectivity index (χ3n) is 1.55. The van der Waals surface area contributed by atoms with Gasteiger partial charge in [-0.05, 0) is 34.5 Å². The van der Waals surface area contributed by atoms with Crippen LogP contribution in [-0.4, -0.2) is 25.3 Å². The lowest BCUT2D eigenvalue weighted by atomic mass is 10.3. The lowest BCUT2D eigenvalue weighted by Crippen LogP contribution is -2.04. The SMILES string of the molecule is COCCOc1cnc(Br)c(C)c1. The topological polar surface area (TPSA) is 31.4 Å². The fraction of sp³-hybridized carbons (Fsp3) is 0.444. The normalized spacial score (nSPS) is 10.1. The highest BCUT2D eigenvalue weighted by Gasteiger charge is 1.98. The van der Waals surface area contributed by atoms with E-state index in [1.165, 1.54) is 0 Å². The molecule has 72 valence electrons. The van der Waals surface area contributed by atoms with Crippen LogP contribution in [0.2, 0.25) is 0 Å². The molecule has 4 heteroatoms. The van der Waals surface area contributed by atoms with Gasteiger partial charge in [0.05, 0.1) is 12.8 Å². The van der Waals surface area contributed by atoms with Gasteiger partial charge in [0.1, 0.15) is 17.0 Å². The second-order valence-electron chi connectivity index (χ2n) is 2.62. The fourth-order valence-corrected chi connectivity index (χ4v) is 1.07. The van der Waals surface area contributed by atoms with Crippen LogP contribution in [0.1, 0.15) is 5.56 Å². The molecule has 13 heavy (non-hydrogen) atoms. The van der Waals surface area contributed by atoms with Crippen molar-refractivity contribution in [2.75, 3.05) is 20.3 Å². The maximum Gasteiger partial charge on any atom is 0.138 e. The van der Waals surface area contributed by atoms with Crippen LogP contribution < -0.4 is 4.74 Å². The average Bonchev–Trinajstić information content (AvgIpc) is 2.12. The number of aromatic nitrogens is 1. The minimum atomic E-state index is 0.555. The van der Waals surface area contributed by atoms with Crippen molar-refractivity contribution in [1.82, 2.24) is 4.98 Å². The van der Waals surface area contributed by atoms with Gasteiger partial charge in [0.2, 0.25) is 0 Å². The van der Waals surface area contributed by atoms with Crippen molar-refractivity contribution in [2.45, 2.75) is 6.92 Å². The largest absolute Gasteiger partial charge is 0.490 e. The molecule has 0 atom stereocenters. The van der Waals surface area contributed by atoms with Crippen molar-refractivity contribution >= 4 is 15.9 Å². The Kier molecular flexibility index (Phi) is 4.18. The van der Waals surface area contributed by atoms with Crippen LogP contribution in [0.3, 0.4) is 0 Å². The number of nitrogens with zero attached hydrogens (tertiary/aromatic N) is 1. The van der Waals surface area contributed by atoms with Gasteiger partial charge >= 0.3 is 0 Å². The molecule has 0 radical (unpaired) electrons. The molecule has 0 fully saturated rings. The van der Waals surface area contributed by atoms with Gasteiger partial charge in [-0.15, -0.1) is 0 Å². The summed E-state index contributed by atoms with van der Waals surface area (Å²) in [5, 5.41) is 0. The predicted octanol–water partition coefficient (Wildman–Crippen LogP) is 2.18. The molecule has 1 aromatic heterocycles. The molecule has 0 aliphatic heterocycles. The first-order chi connectivity index (χ1) is 6.24. The maximum atomic E-state index is 5.37. The molecular formula is C9H12BrNO2. The molecule has 0 amide bonds. The Morgan fingerprint density at radius 1 is 1.46 bits per heavy atom. The van der Waals surface area contributed by atoms with E-state index in [4.69, 9.17) is 9.47 Å². The van der Waals surface area contributed by atoms with E-state index >= 15 is 0 Å². The summed E-state index contributed by atoms with van der Waals surface area (Å²) >= 11 is 3.32. The number of aryl methyl sites for hydroxylation is 1. The van der Waals surface area contributed by atoms with Crippen molar-refractivity contribution in [3.05, 3.63) is 22.4 Å². The molecule has 0 aliphatic carbocycles. The van der Waals surface area contributed by atoms with Gasteiger partial charge in [0, 0.05) is 7.11 Å². The minimum Gasteiger partial charge on any atom is -0.490 e. The highest BCUT2D eigenvalue weighted by molar-refractivity contribution is 9.10. The number of rotatable bonds is 4. The van der Waals surface area contributed by atoms with Crippen molar-refractivity contribution < 1.29 is 9.47 Å². The smallest absolute Gasteiger partial charge is 0.138 e. The highest BCUT2D eigenvalue weighted by Crippen LogP contribution is 2.18. The van der Waals surface area contributed by atoms with Gasteiger partial charge in [-0.2, -0.15) is 0 Å².